The molecule has 1 aromatic carbocycles. The summed E-state index contributed by atoms with van der Waals surface area (Å²) in [4.78, 5) is 27.2. The van der Waals surface area contributed by atoms with E-state index in [0.717, 1.165) is 5.69 Å². The van der Waals surface area contributed by atoms with Crippen LogP contribution in [0.2, 0.25) is 0 Å². The maximum atomic E-state index is 12.1. The smallest absolute Gasteiger partial charge is 0.339 e. The molecule has 108 valence electrons. The molecule has 0 aliphatic carbocycles. The van der Waals surface area contributed by atoms with Crippen LogP contribution in [0.5, 0.6) is 5.75 Å². The fraction of sp³-hybridized carbons (Fsp3) is 0.133. The number of carbonyl (C=O) groups is 2. The maximum absolute atomic E-state index is 12.1. The third-order valence-electron chi connectivity index (χ3n) is 2.81. The molecule has 0 unspecified atom stereocenters. The molecule has 0 radical (unpaired) electrons. The van der Waals surface area contributed by atoms with Crippen molar-refractivity contribution in [2.24, 2.45) is 0 Å². The minimum atomic E-state index is -1.09. The normalized spacial score (nSPS) is 10.0. The fourth-order valence-electron chi connectivity index (χ4n) is 1.81. The number of carboxylic acid groups (broad SMARTS) is 1. The highest BCUT2D eigenvalue weighted by atomic mass is 16.5. The number of aromatic nitrogens is 1. The van der Waals surface area contributed by atoms with Gasteiger partial charge in [-0.25, -0.2) is 9.78 Å². The van der Waals surface area contributed by atoms with Gasteiger partial charge in [-0.2, -0.15) is 0 Å². The van der Waals surface area contributed by atoms with E-state index >= 15 is 0 Å². The summed E-state index contributed by atoms with van der Waals surface area (Å²) >= 11 is 0. The molecule has 0 fully saturated rings. The Labute approximate surface area is 121 Å². The Morgan fingerprint density at radius 1 is 1.24 bits per heavy atom. The first-order valence-corrected chi connectivity index (χ1v) is 6.17. The van der Waals surface area contributed by atoms with Crippen molar-refractivity contribution in [3.63, 3.8) is 0 Å². The number of ether oxygens (including phenoxy) is 1. The molecule has 2 rings (SSSR count). The van der Waals surface area contributed by atoms with E-state index in [1.165, 1.54) is 25.3 Å². The molecule has 1 amide bonds. The van der Waals surface area contributed by atoms with Crippen molar-refractivity contribution in [1.82, 2.24) is 4.98 Å². The number of methoxy groups -OCH3 is 1. The van der Waals surface area contributed by atoms with Crippen LogP contribution >= 0.6 is 0 Å². The predicted octanol–water partition coefficient (Wildman–Crippen LogP) is 2.35. The number of nitrogens with one attached hydrogen (secondary N) is 1. The molecule has 6 heteroatoms. The largest absolute Gasteiger partial charge is 0.496 e. The molecule has 2 N–H and O–H groups in total. The van der Waals surface area contributed by atoms with Crippen LogP contribution in [-0.4, -0.2) is 29.1 Å². The number of aromatic carboxylic acids is 1. The van der Waals surface area contributed by atoms with Crippen LogP contribution < -0.4 is 10.1 Å². The number of amides is 1. The van der Waals surface area contributed by atoms with Crippen molar-refractivity contribution < 1.29 is 19.4 Å². The number of carboxylic acids is 1. The number of hydrogen-bond acceptors (Lipinski definition) is 4. The summed E-state index contributed by atoms with van der Waals surface area (Å²) in [6.45, 7) is 1.79. The van der Waals surface area contributed by atoms with Gasteiger partial charge in [-0.3, -0.25) is 4.79 Å². The Bertz CT molecular complexity index is 698. The number of anilines is 1. The third kappa shape index (κ3) is 3.36. The maximum Gasteiger partial charge on any atom is 0.339 e. The number of carbonyl (C=O) groups excluding carboxylic acids is 1. The van der Waals surface area contributed by atoms with Gasteiger partial charge in [0.2, 0.25) is 0 Å². The summed E-state index contributed by atoms with van der Waals surface area (Å²) < 4.78 is 5.01. The SMILES string of the molecule is COc1cc(NC(=O)c2cccc(C)n2)ccc1C(=O)O. The van der Waals surface area contributed by atoms with Crippen molar-refractivity contribution in [2.45, 2.75) is 6.92 Å². The van der Waals surface area contributed by atoms with Gasteiger partial charge in [-0.05, 0) is 31.2 Å². The van der Waals surface area contributed by atoms with Gasteiger partial charge in [-0.15, -0.1) is 0 Å². The predicted molar refractivity (Wildman–Crippen MR) is 76.9 cm³/mol. The number of benzene rings is 1. The quantitative estimate of drug-likeness (QED) is 0.900. The summed E-state index contributed by atoms with van der Waals surface area (Å²) in [7, 11) is 1.37. The first kappa shape index (κ1) is 14.5. The number of hydrogen-bond donors (Lipinski definition) is 2. The van der Waals surface area contributed by atoms with Crippen LogP contribution in [0.4, 0.5) is 5.69 Å². The van der Waals surface area contributed by atoms with Crippen LogP contribution in [0.3, 0.4) is 0 Å². The Morgan fingerprint density at radius 2 is 2.00 bits per heavy atom. The summed E-state index contributed by atoms with van der Waals surface area (Å²) in [5, 5.41) is 11.7. The summed E-state index contributed by atoms with van der Waals surface area (Å²) in [5.41, 5.74) is 1.49. The number of aryl methyl sites for hydroxylation is 1. The molecule has 6 nitrogen and oxygen atoms in total. The van der Waals surface area contributed by atoms with Crippen molar-refractivity contribution in [3.8, 4) is 5.75 Å². The second-order valence-corrected chi connectivity index (χ2v) is 4.34. The zero-order valence-electron chi connectivity index (χ0n) is 11.6. The van der Waals surface area contributed by atoms with Gasteiger partial charge in [0.1, 0.15) is 17.0 Å². The molecule has 1 aromatic heterocycles. The van der Waals surface area contributed by atoms with E-state index in [4.69, 9.17) is 9.84 Å². The molecule has 0 aliphatic rings. The van der Waals surface area contributed by atoms with Crippen molar-refractivity contribution in [3.05, 3.63) is 53.3 Å². The van der Waals surface area contributed by atoms with Gasteiger partial charge in [0.25, 0.3) is 5.91 Å². The van der Waals surface area contributed by atoms with Gasteiger partial charge < -0.3 is 15.2 Å². The fourth-order valence-corrected chi connectivity index (χ4v) is 1.81. The second kappa shape index (κ2) is 6.04. The van der Waals surface area contributed by atoms with E-state index in [1.54, 1.807) is 25.1 Å². The van der Waals surface area contributed by atoms with Gasteiger partial charge in [0, 0.05) is 17.4 Å². The lowest BCUT2D eigenvalue weighted by molar-refractivity contribution is 0.0693. The Kier molecular flexibility index (Phi) is 4.18. The molecule has 1 heterocycles. The Balaban J connectivity index is 2.24. The van der Waals surface area contributed by atoms with Crippen LogP contribution in [0, 0.1) is 6.92 Å². The lowest BCUT2D eigenvalue weighted by Gasteiger charge is -2.09. The highest BCUT2D eigenvalue weighted by molar-refractivity contribution is 6.03. The van der Waals surface area contributed by atoms with Gasteiger partial charge >= 0.3 is 5.97 Å². The Hall–Kier alpha value is -2.89. The standard InChI is InChI=1S/C15H14N2O4/c1-9-4-3-5-12(16-9)14(18)17-10-6-7-11(15(19)20)13(8-10)21-2/h3-8H,1-2H3,(H,17,18)(H,19,20). The number of pyridine rings is 1. The van der Waals surface area contributed by atoms with Crippen LogP contribution in [0.1, 0.15) is 26.5 Å². The minimum Gasteiger partial charge on any atom is -0.496 e. The van der Waals surface area contributed by atoms with Crippen LogP contribution in [0.25, 0.3) is 0 Å². The van der Waals surface area contributed by atoms with E-state index in [2.05, 4.69) is 10.3 Å². The van der Waals surface area contributed by atoms with Gasteiger partial charge in [0.15, 0.2) is 0 Å². The van der Waals surface area contributed by atoms with E-state index in [-0.39, 0.29) is 22.9 Å². The third-order valence-corrected chi connectivity index (χ3v) is 2.81. The topological polar surface area (TPSA) is 88.5 Å². The Morgan fingerprint density at radius 3 is 2.62 bits per heavy atom. The lowest BCUT2D eigenvalue weighted by atomic mass is 10.1. The summed E-state index contributed by atoms with van der Waals surface area (Å²) in [6.07, 6.45) is 0. The van der Waals surface area contributed by atoms with Crippen LogP contribution in [0.15, 0.2) is 36.4 Å². The summed E-state index contributed by atoms with van der Waals surface area (Å²) in [6, 6.07) is 9.47. The summed E-state index contributed by atoms with van der Waals surface area (Å²) in [5.74, 6) is -1.29. The molecule has 0 bridgehead atoms. The molecule has 0 spiro atoms. The zero-order chi connectivity index (χ0) is 15.4. The first-order valence-electron chi connectivity index (χ1n) is 6.17. The van der Waals surface area contributed by atoms with E-state index in [0.29, 0.717) is 5.69 Å². The van der Waals surface area contributed by atoms with Gasteiger partial charge in [-0.1, -0.05) is 6.07 Å². The highest BCUT2D eigenvalue weighted by Gasteiger charge is 2.13. The van der Waals surface area contributed by atoms with Crippen molar-refractivity contribution in [1.29, 1.82) is 0 Å². The molecule has 21 heavy (non-hydrogen) atoms. The van der Waals surface area contributed by atoms with Crippen molar-refractivity contribution in [2.75, 3.05) is 12.4 Å². The zero-order valence-corrected chi connectivity index (χ0v) is 11.6. The average Bonchev–Trinajstić information content (AvgIpc) is 2.46. The molecule has 0 saturated carbocycles. The lowest BCUT2D eigenvalue weighted by Crippen LogP contribution is -2.14. The minimum absolute atomic E-state index is 0.0316. The van der Waals surface area contributed by atoms with E-state index < -0.39 is 5.97 Å². The monoisotopic (exact) mass is 286 g/mol. The van der Waals surface area contributed by atoms with Gasteiger partial charge in [0.05, 0.1) is 7.11 Å². The number of rotatable bonds is 4. The molecular weight excluding hydrogens is 272 g/mol. The van der Waals surface area contributed by atoms with E-state index in [1.807, 2.05) is 0 Å². The molecule has 0 atom stereocenters. The van der Waals surface area contributed by atoms with Crippen LogP contribution in [-0.2, 0) is 0 Å². The van der Waals surface area contributed by atoms with Crippen molar-refractivity contribution >= 4 is 17.6 Å². The van der Waals surface area contributed by atoms with E-state index in [9.17, 15) is 9.59 Å². The highest BCUT2D eigenvalue weighted by Crippen LogP contribution is 2.23. The molecular formula is C15H14N2O4. The average molecular weight is 286 g/mol. The first-order chi connectivity index (χ1) is 10.0. The molecule has 2 aromatic rings. The second-order valence-electron chi connectivity index (χ2n) is 4.34. The molecule has 0 saturated heterocycles. The molecule has 0 aliphatic heterocycles. The number of nitrogens with zero attached hydrogens (tertiary/aromatic N) is 1.